The summed E-state index contributed by atoms with van der Waals surface area (Å²) in [4.78, 5) is 11.9. The van der Waals surface area contributed by atoms with Crippen LogP contribution in [0.3, 0.4) is 0 Å². The van der Waals surface area contributed by atoms with Crippen molar-refractivity contribution in [2.45, 2.75) is 36.5 Å². The average Bonchev–Trinajstić information content (AvgIpc) is 2.98. The van der Waals surface area contributed by atoms with E-state index < -0.39 is 0 Å². The fourth-order valence-electron chi connectivity index (χ4n) is 2.41. The van der Waals surface area contributed by atoms with Crippen molar-refractivity contribution in [3.8, 4) is 0 Å². The number of thioether (sulfide) groups is 2. The van der Waals surface area contributed by atoms with Crippen LogP contribution in [0.4, 0.5) is 0 Å². The monoisotopic (exact) mass is 260 g/mol. The Kier molecular flexibility index (Phi) is 4.44. The molecule has 5 heteroatoms. The maximum atomic E-state index is 11.9. The molecule has 1 unspecified atom stereocenters. The Hall–Kier alpha value is 0.130. The Labute approximate surface area is 106 Å². The van der Waals surface area contributed by atoms with Crippen LogP contribution in [0, 0.1) is 0 Å². The van der Waals surface area contributed by atoms with Gasteiger partial charge in [0.2, 0.25) is 5.91 Å². The highest BCUT2D eigenvalue weighted by Gasteiger charge is 2.34. The van der Waals surface area contributed by atoms with E-state index in [-0.39, 0.29) is 11.9 Å². The first-order valence-electron chi connectivity index (χ1n) is 5.90. The molecule has 1 aliphatic heterocycles. The molecule has 0 aromatic carbocycles. The summed E-state index contributed by atoms with van der Waals surface area (Å²) in [7, 11) is 0. The minimum absolute atomic E-state index is 0.0327. The van der Waals surface area contributed by atoms with Gasteiger partial charge < -0.3 is 5.32 Å². The zero-order valence-corrected chi connectivity index (χ0v) is 11.4. The maximum absolute atomic E-state index is 11.9. The van der Waals surface area contributed by atoms with Crippen molar-refractivity contribution in [3.63, 3.8) is 0 Å². The summed E-state index contributed by atoms with van der Waals surface area (Å²) in [5, 5.41) is 6.33. The Bertz CT molecular complexity index is 248. The van der Waals surface area contributed by atoms with E-state index in [1.165, 1.54) is 25.7 Å². The number of nitrogens with one attached hydrogen (secondary N) is 2. The molecule has 1 saturated heterocycles. The quantitative estimate of drug-likeness (QED) is 0.802. The third-order valence-electron chi connectivity index (χ3n) is 3.57. The van der Waals surface area contributed by atoms with Gasteiger partial charge in [0.05, 0.1) is 6.04 Å². The Balaban J connectivity index is 1.79. The highest BCUT2D eigenvalue weighted by atomic mass is 32.2. The molecule has 0 radical (unpaired) electrons. The maximum Gasteiger partial charge on any atom is 0.238 e. The van der Waals surface area contributed by atoms with Gasteiger partial charge in [0.25, 0.3) is 0 Å². The van der Waals surface area contributed by atoms with Crippen LogP contribution < -0.4 is 10.6 Å². The lowest BCUT2D eigenvalue weighted by atomic mass is 10.1. The molecule has 3 nitrogen and oxygen atoms in total. The lowest BCUT2D eigenvalue weighted by Gasteiger charge is -2.27. The Morgan fingerprint density at radius 2 is 2.31 bits per heavy atom. The standard InChI is InChI=1S/C11H20N2OS2/c1-15-11(4-2-3-5-11)7-12-10(14)9-6-16-8-13-9/h9,13H,2-8H2,1H3,(H,12,14). The SMILES string of the molecule is CSC1(CNC(=O)C2CSCN2)CCCC1. The van der Waals surface area contributed by atoms with Crippen molar-refractivity contribution in [1.29, 1.82) is 0 Å². The van der Waals surface area contributed by atoms with Crippen molar-refractivity contribution >= 4 is 29.4 Å². The average molecular weight is 260 g/mol. The molecule has 1 heterocycles. The first-order valence-corrected chi connectivity index (χ1v) is 8.28. The lowest BCUT2D eigenvalue weighted by molar-refractivity contribution is -0.122. The molecule has 0 bridgehead atoms. The van der Waals surface area contributed by atoms with E-state index in [1.54, 1.807) is 11.8 Å². The third kappa shape index (κ3) is 2.87. The molecule has 16 heavy (non-hydrogen) atoms. The van der Waals surface area contributed by atoms with E-state index in [2.05, 4.69) is 16.9 Å². The summed E-state index contributed by atoms with van der Waals surface area (Å²) in [5.41, 5.74) is 0. The molecule has 1 atom stereocenters. The number of hydrogen-bond acceptors (Lipinski definition) is 4. The third-order valence-corrected chi connectivity index (χ3v) is 5.92. The molecule has 2 N–H and O–H groups in total. The fourth-order valence-corrected chi connectivity index (χ4v) is 4.26. The predicted molar refractivity (Wildman–Crippen MR) is 72.0 cm³/mol. The molecular weight excluding hydrogens is 240 g/mol. The van der Waals surface area contributed by atoms with Crippen LogP contribution in [-0.2, 0) is 4.79 Å². The fraction of sp³-hybridized carbons (Fsp3) is 0.909. The molecule has 1 saturated carbocycles. The van der Waals surface area contributed by atoms with Gasteiger partial charge in [0.1, 0.15) is 0 Å². The van der Waals surface area contributed by atoms with E-state index in [9.17, 15) is 4.79 Å². The second kappa shape index (κ2) is 5.65. The molecule has 0 aromatic rings. The molecule has 2 aliphatic rings. The van der Waals surface area contributed by atoms with Crippen molar-refractivity contribution in [2.24, 2.45) is 0 Å². The van der Waals surface area contributed by atoms with Crippen molar-refractivity contribution in [1.82, 2.24) is 10.6 Å². The predicted octanol–water partition coefficient (Wildman–Crippen LogP) is 1.44. The van der Waals surface area contributed by atoms with Gasteiger partial charge in [-0.05, 0) is 19.1 Å². The highest BCUT2D eigenvalue weighted by Crippen LogP contribution is 2.39. The summed E-state index contributed by atoms with van der Waals surface area (Å²) in [6.07, 6.45) is 7.30. The zero-order chi connectivity index (χ0) is 11.4. The largest absolute Gasteiger partial charge is 0.353 e. The lowest BCUT2D eigenvalue weighted by Crippen LogP contribution is -2.46. The van der Waals surface area contributed by atoms with E-state index in [4.69, 9.17) is 0 Å². The van der Waals surface area contributed by atoms with Gasteiger partial charge in [-0.1, -0.05) is 12.8 Å². The molecule has 0 spiro atoms. The van der Waals surface area contributed by atoms with Crippen LogP contribution in [0.1, 0.15) is 25.7 Å². The topological polar surface area (TPSA) is 41.1 Å². The molecule has 1 amide bonds. The number of carbonyl (C=O) groups excluding carboxylic acids is 1. The van der Waals surface area contributed by atoms with Crippen LogP contribution in [0.25, 0.3) is 0 Å². The summed E-state index contributed by atoms with van der Waals surface area (Å²) in [6, 6.07) is 0.0327. The Morgan fingerprint density at radius 3 is 2.88 bits per heavy atom. The number of hydrogen-bond donors (Lipinski definition) is 2. The number of carbonyl (C=O) groups is 1. The molecule has 92 valence electrons. The first-order chi connectivity index (χ1) is 7.76. The zero-order valence-electron chi connectivity index (χ0n) is 9.75. The van der Waals surface area contributed by atoms with Crippen LogP contribution in [0.2, 0.25) is 0 Å². The molecular formula is C11H20N2OS2. The van der Waals surface area contributed by atoms with E-state index in [0.29, 0.717) is 4.75 Å². The smallest absolute Gasteiger partial charge is 0.238 e. The molecule has 1 aliphatic carbocycles. The minimum Gasteiger partial charge on any atom is -0.353 e. The first kappa shape index (κ1) is 12.6. The molecule has 2 fully saturated rings. The summed E-state index contributed by atoms with van der Waals surface area (Å²) in [5.74, 6) is 2.01. The van der Waals surface area contributed by atoms with Crippen molar-refractivity contribution < 1.29 is 4.79 Å². The summed E-state index contributed by atoms with van der Waals surface area (Å²) < 4.78 is 0.321. The summed E-state index contributed by atoms with van der Waals surface area (Å²) >= 11 is 3.72. The van der Waals surface area contributed by atoms with Gasteiger partial charge in [-0.2, -0.15) is 11.8 Å². The second-order valence-electron chi connectivity index (χ2n) is 4.58. The normalized spacial score (nSPS) is 28.2. The van der Waals surface area contributed by atoms with Gasteiger partial charge in [-0.15, -0.1) is 11.8 Å². The van der Waals surface area contributed by atoms with Crippen LogP contribution in [-0.4, -0.2) is 41.1 Å². The molecule has 2 rings (SSSR count). The van der Waals surface area contributed by atoms with E-state index in [1.807, 2.05) is 11.8 Å². The van der Waals surface area contributed by atoms with E-state index >= 15 is 0 Å². The number of rotatable bonds is 4. The second-order valence-corrected chi connectivity index (χ2v) is 6.89. The van der Waals surface area contributed by atoms with Crippen molar-refractivity contribution in [3.05, 3.63) is 0 Å². The number of amides is 1. The van der Waals surface area contributed by atoms with Gasteiger partial charge >= 0.3 is 0 Å². The van der Waals surface area contributed by atoms with E-state index in [0.717, 1.165) is 18.2 Å². The van der Waals surface area contributed by atoms with Crippen LogP contribution >= 0.6 is 23.5 Å². The van der Waals surface area contributed by atoms with Gasteiger partial charge in [0.15, 0.2) is 0 Å². The molecule has 0 aromatic heterocycles. The van der Waals surface area contributed by atoms with Gasteiger partial charge in [0, 0.05) is 22.9 Å². The summed E-state index contributed by atoms with van der Waals surface area (Å²) in [6.45, 7) is 0.843. The van der Waals surface area contributed by atoms with Gasteiger partial charge in [-0.3, -0.25) is 10.1 Å². The van der Waals surface area contributed by atoms with Crippen molar-refractivity contribution in [2.75, 3.05) is 24.4 Å². The Morgan fingerprint density at radius 1 is 1.56 bits per heavy atom. The highest BCUT2D eigenvalue weighted by molar-refractivity contribution is 8.00. The minimum atomic E-state index is 0.0327. The van der Waals surface area contributed by atoms with Gasteiger partial charge in [-0.25, -0.2) is 0 Å². The van der Waals surface area contributed by atoms with Crippen LogP contribution in [0.5, 0.6) is 0 Å². The van der Waals surface area contributed by atoms with Crippen LogP contribution in [0.15, 0.2) is 0 Å².